The van der Waals surface area contributed by atoms with E-state index in [1.807, 2.05) is 19.1 Å². The first-order chi connectivity index (χ1) is 6.20. The summed E-state index contributed by atoms with van der Waals surface area (Å²) in [6, 6.07) is 0. The van der Waals surface area contributed by atoms with Crippen LogP contribution in [0.25, 0.3) is 0 Å². The zero-order valence-corrected chi connectivity index (χ0v) is 9.37. The van der Waals surface area contributed by atoms with Crippen LogP contribution >= 0.6 is 15.9 Å². The van der Waals surface area contributed by atoms with Gasteiger partial charge < -0.3 is 4.74 Å². The van der Waals surface area contributed by atoms with Gasteiger partial charge in [0.05, 0.1) is 6.61 Å². The van der Waals surface area contributed by atoms with Gasteiger partial charge in [-0.25, -0.2) is 4.79 Å². The van der Waals surface area contributed by atoms with Crippen molar-refractivity contribution in [3.05, 3.63) is 34.9 Å². The van der Waals surface area contributed by atoms with Crippen molar-refractivity contribution in [2.75, 3.05) is 6.61 Å². The molecule has 0 aromatic heterocycles. The minimum absolute atomic E-state index is 0.320. The van der Waals surface area contributed by atoms with Crippen LogP contribution in [-0.2, 0) is 9.53 Å². The highest BCUT2D eigenvalue weighted by Crippen LogP contribution is 2.05. The maximum Gasteiger partial charge on any atom is 0.330 e. The molecule has 2 nitrogen and oxygen atoms in total. The molecule has 3 heteroatoms. The van der Waals surface area contributed by atoms with Gasteiger partial charge in [0.15, 0.2) is 0 Å². The van der Waals surface area contributed by atoms with E-state index >= 15 is 0 Å². The number of esters is 1. The average molecular weight is 245 g/mol. The third-order valence-electron chi connectivity index (χ3n) is 1.10. The van der Waals surface area contributed by atoms with Gasteiger partial charge in [-0.2, -0.15) is 0 Å². The van der Waals surface area contributed by atoms with E-state index in [1.54, 1.807) is 19.1 Å². The van der Waals surface area contributed by atoms with E-state index in [2.05, 4.69) is 15.9 Å². The lowest BCUT2D eigenvalue weighted by Crippen LogP contribution is -1.98. The predicted molar refractivity (Wildman–Crippen MR) is 57.6 cm³/mol. The van der Waals surface area contributed by atoms with E-state index in [-0.39, 0.29) is 5.97 Å². The molecule has 0 saturated carbocycles. The third-order valence-corrected chi connectivity index (χ3v) is 1.63. The predicted octanol–water partition coefficient (Wildman–Crippen LogP) is 2.96. The van der Waals surface area contributed by atoms with Crippen molar-refractivity contribution in [1.29, 1.82) is 0 Å². The number of rotatable bonds is 4. The first kappa shape index (κ1) is 12.2. The Bertz CT molecular complexity index is 239. The highest BCUT2D eigenvalue weighted by Gasteiger charge is 1.90. The lowest BCUT2D eigenvalue weighted by Gasteiger charge is -1.92. The van der Waals surface area contributed by atoms with Crippen LogP contribution in [-0.4, -0.2) is 12.6 Å². The fourth-order valence-corrected chi connectivity index (χ4v) is 1.04. The van der Waals surface area contributed by atoms with Crippen molar-refractivity contribution in [2.24, 2.45) is 0 Å². The van der Waals surface area contributed by atoms with Gasteiger partial charge in [0, 0.05) is 10.6 Å². The SMILES string of the molecule is C\C=C/C(Br)=C\C=C\C(=O)OCC. The Balaban J connectivity index is 3.99. The monoisotopic (exact) mass is 244 g/mol. The van der Waals surface area contributed by atoms with Crippen LogP contribution in [0.3, 0.4) is 0 Å². The fraction of sp³-hybridized carbons (Fsp3) is 0.300. The van der Waals surface area contributed by atoms with E-state index in [9.17, 15) is 4.79 Å². The van der Waals surface area contributed by atoms with Crippen LogP contribution < -0.4 is 0 Å². The van der Waals surface area contributed by atoms with Crippen molar-refractivity contribution < 1.29 is 9.53 Å². The Kier molecular flexibility index (Phi) is 7.30. The molecule has 0 aromatic carbocycles. The second-order valence-corrected chi connectivity index (χ2v) is 3.08. The molecule has 0 saturated heterocycles. The molecule has 0 unspecified atom stereocenters. The minimum atomic E-state index is -0.320. The van der Waals surface area contributed by atoms with Gasteiger partial charge in [-0.05, 0) is 19.9 Å². The maximum absolute atomic E-state index is 10.8. The highest BCUT2D eigenvalue weighted by atomic mass is 79.9. The molecular weight excluding hydrogens is 232 g/mol. The van der Waals surface area contributed by atoms with Crippen LogP contribution in [0.1, 0.15) is 13.8 Å². The Labute approximate surface area is 87.1 Å². The summed E-state index contributed by atoms with van der Waals surface area (Å²) in [7, 11) is 0. The lowest BCUT2D eigenvalue weighted by molar-refractivity contribution is -0.137. The number of hydrogen-bond acceptors (Lipinski definition) is 2. The molecule has 0 aliphatic heterocycles. The number of halogens is 1. The Morgan fingerprint density at radius 1 is 1.46 bits per heavy atom. The van der Waals surface area contributed by atoms with Crippen molar-refractivity contribution in [3.63, 3.8) is 0 Å². The zero-order chi connectivity index (χ0) is 10.1. The molecule has 0 radical (unpaired) electrons. The largest absolute Gasteiger partial charge is 0.463 e. The molecule has 0 aromatic rings. The summed E-state index contributed by atoms with van der Waals surface area (Å²) in [6.07, 6.45) is 8.58. The lowest BCUT2D eigenvalue weighted by atomic mass is 10.4. The normalized spacial score (nSPS) is 12.7. The summed E-state index contributed by atoms with van der Waals surface area (Å²) in [5.41, 5.74) is 0. The van der Waals surface area contributed by atoms with E-state index in [0.717, 1.165) is 4.48 Å². The molecular formula is C10H13BrO2. The fourth-order valence-electron chi connectivity index (χ4n) is 0.624. The first-order valence-corrected chi connectivity index (χ1v) is 4.83. The summed E-state index contributed by atoms with van der Waals surface area (Å²) in [5.74, 6) is -0.320. The first-order valence-electron chi connectivity index (χ1n) is 4.04. The molecule has 13 heavy (non-hydrogen) atoms. The summed E-state index contributed by atoms with van der Waals surface area (Å²) in [5, 5.41) is 0. The van der Waals surface area contributed by atoms with Gasteiger partial charge in [-0.1, -0.05) is 34.2 Å². The van der Waals surface area contributed by atoms with Gasteiger partial charge in [0.1, 0.15) is 0 Å². The minimum Gasteiger partial charge on any atom is -0.463 e. The van der Waals surface area contributed by atoms with Gasteiger partial charge in [0.2, 0.25) is 0 Å². The standard InChI is InChI=1S/C10H13BrO2/c1-3-6-9(11)7-5-8-10(12)13-4-2/h3,5-8H,4H2,1-2H3/b6-3-,8-5+,9-7+. The second kappa shape index (κ2) is 7.80. The van der Waals surface area contributed by atoms with E-state index in [0.29, 0.717) is 6.61 Å². The van der Waals surface area contributed by atoms with Crippen LogP contribution in [0.4, 0.5) is 0 Å². The summed E-state index contributed by atoms with van der Waals surface area (Å²) in [4.78, 5) is 10.8. The summed E-state index contributed by atoms with van der Waals surface area (Å²) < 4.78 is 5.61. The number of hydrogen-bond donors (Lipinski definition) is 0. The molecule has 0 fully saturated rings. The van der Waals surface area contributed by atoms with Crippen LogP contribution in [0, 0.1) is 0 Å². The number of allylic oxidation sites excluding steroid dienone is 5. The zero-order valence-electron chi connectivity index (χ0n) is 7.79. The van der Waals surface area contributed by atoms with E-state index in [1.165, 1.54) is 6.08 Å². The van der Waals surface area contributed by atoms with Gasteiger partial charge in [-0.15, -0.1) is 0 Å². The quantitative estimate of drug-likeness (QED) is 0.432. The van der Waals surface area contributed by atoms with Crippen LogP contribution in [0.5, 0.6) is 0 Å². The van der Waals surface area contributed by atoms with Crippen molar-refractivity contribution >= 4 is 21.9 Å². The molecule has 0 N–H and O–H groups in total. The number of ether oxygens (including phenoxy) is 1. The van der Waals surface area contributed by atoms with Gasteiger partial charge >= 0.3 is 5.97 Å². The molecule has 0 rings (SSSR count). The van der Waals surface area contributed by atoms with E-state index < -0.39 is 0 Å². The number of carbonyl (C=O) groups is 1. The molecule has 72 valence electrons. The molecule has 0 spiro atoms. The molecule has 0 heterocycles. The molecule has 0 atom stereocenters. The summed E-state index contributed by atoms with van der Waals surface area (Å²) >= 11 is 3.30. The maximum atomic E-state index is 10.8. The highest BCUT2D eigenvalue weighted by molar-refractivity contribution is 9.11. The van der Waals surface area contributed by atoms with Crippen LogP contribution in [0.15, 0.2) is 34.9 Å². The Morgan fingerprint density at radius 2 is 2.15 bits per heavy atom. The molecule has 0 aliphatic carbocycles. The van der Waals surface area contributed by atoms with Crippen molar-refractivity contribution in [1.82, 2.24) is 0 Å². The Hall–Kier alpha value is -0.830. The van der Waals surface area contributed by atoms with Crippen molar-refractivity contribution in [2.45, 2.75) is 13.8 Å². The average Bonchev–Trinajstić information content (AvgIpc) is 2.05. The van der Waals surface area contributed by atoms with Crippen molar-refractivity contribution in [3.8, 4) is 0 Å². The second-order valence-electron chi connectivity index (χ2n) is 2.16. The van der Waals surface area contributed by atoms with Gasteiger partial charge in [-0.3, -0.25) is 0 Å². The third kappa shape index (κ3) is 7.53. The van der Waals surface area contributed by atoms with E-state index in [4.69, 9.17) is 4.74 Å². The smallest absolute Gasteiger partial charge is 0.330 e. The molecule has 0 aliphatic rings. The van der Waals surface area contributed by atoms with Gasteiger partial charge in [0.25, 0.3) is 0 Å². The Morgan fingerprint density at radius 3 is 2.69 bits per heavy atom. The topological polar surface area (TPSA) is 26.3 Å². The molecule has 0 amide bonds. The summed E-state index contributed by atoms with van der Waals surface area (Å²) in [6.45, 7) is 4.10. The molecule has 0 bridgehead atoms. The van der Waals surface area contributed by atoms with Crippen LogP contribution in [0.2, 0.25) is 0 Å². The number of carbonyl (C=O) groups excluding carboxylic acids is 1.